The molecule has 36 heavy (non-hydrogen) atoms. The first-order valence-electron chi connectivity index (χ1n) is 10.6. The fraction of sp³-hybridized carbons (Fsp3) is 0.333. The number of aromatic hydroxyl groups is 1. The minimum absolute atomic E-state index is 0.0278. The van der Waals surface area contributed by atoms with Gasteiger partial charge in [-0.15, -0.1) is 16.9 Å². The number of nitrogens with two attached hydrogens (primary N) is 1. The number of aromatic amines is 1. The molecule has 0 radical (unpaired) electrons. The highest BCUT2D eigenvalue weighted by atomic mass is 32.2. The van der Waals surface area contributed by atoms with Gasteiger partial charge < -0.3 is 26.0 Å². The lowest BCUT2D eigenvalue weighted by Gasteiger charge is -2.49. The van der Waals surface area contributed by atoms with Gasteiger partial charge in [-0.2, -0.15) is 10.3 Å². The molecule has 0 bridgehead atoms. The highest BCUT2D eigenvalue weighted by molar-refractivity contribution is 8.01. The van der Waals surface area contributed by atoms with Crippen molar-refractivity contribution in [2.45, 2.75) is 28.9 Å². The first-order chi connectivity index (χ1) is 17.2. The number of aliphatic carboxylic acids is 1. The number of carboxylic acids is 1. The molecule has 4 rings (SSSR count). The van der Waals surface area contributed by atoms with E-state index in [0.717, 1.165) is 0 Å². The van der Waals surface area contributed by atoms with Crippen LogP contribution in [0, 0.1) is 0 Å². The van der Waals surface area contributed by atoms with Crippen molar-refractivity contribution in [3.63, 3.8) is 0 Å². The van der Waals surface area contributed by atoms with Crippen LogP contribution in [-0.2, 0) is 30.3 Å². The van der Waals surface area contributed by atoms with Crippen molar-refractivity contribution < 1.29 is 34.1 Å². The molecule has 3 atom stereocenters. The van der Waals surface area contributed by atoms with Gasteiger partial charge >= 0.3 is 11.9 Å². The van der Waals surface area contributed by atoms with E-state index in [9.17, 15) is 29.4 Å². The number of hydrogen-bond acceptors (Lipinski definition) is 11. The average Bonchev–Trinajstić information content (AvgIpc) is 3.31. The number of carbonyl (C=O) groups is 4. The first-order valence-corrected chi connectivity index (χ1v) is 12.6. The van der Waals surface area contributed by atoms with Crippen molar-refractivity contribution in [3.8, 4) is 5.75 Å². The van der Waals surface area contributed by atoms with E-state index in [1.54, 1.807) is 0 Å². The Bertz CT molecular complexity index is 1230. The predicted molar refractivity (Wildman–Crippen MR) is 128 cm³/mol. The van der Waals surface area contributed by atoms with Crippen molar-refractivity contribution in [3.05, 3.63) is 46.8 Å². The molecule has 1 aromatic carbocycles. The highest BCUT2D eigenvalue weighted by Gasteiger charge is 2.54. The van der Waals surface area contributed by atoms with E-state index in [4.69, 9.17) is 5.73 Å². The van der Waals surface area contributed by atoms with Crippen molar-refractivity contribution in [1.29, 1.82) is 0 Å². The van der Waals surface area contributed by atoms with E-state index in [0.29, 0.717) is 27.6 Å². The van der Waals surface area contributed by atoms with Gasteiger partial charge in [-0.05, 0) is 23.3 Å². The van der Waals surface area contributed by atoms with Gasteiger partial charge in [0.25, 0.3) is 5.91 Å². The van der Waals surface area contributed by atoms with E-state index < -0.39 is 41.2 Å². The number of thioether (sulfide) groups is 2. The molecule has 190 valence electrons. The Labute approximate surface area is 212 Å². The molecule has 1 fully saturated rings. The number of benzene rings is 1. The summed E-state index contributed by atoms with van der Waals surface area (Å²) in [6.45, 7) is 0. The standard InChI is InChI=1S/C21H22N6O7S2/c1-34-13(29)6-12-18(25-26-24-12)35-7-10-8-36-20-15(19(31)27(20)16(10)21(32)33)23-17(30)14(22)9-2-4-11(28)5-3-9/h2-5,14-15,20,28H,6-8,22H2,1H3,(H,23,30)(H,32,33)(H,24,25,26)/t14?,15?,20-/m1/s1. The fourth-order valence-electron chi connectivity index (χ4n) is 3.71. The van der Waals surface area contributed by atoms with Gasteiger partial charge in [-0.3, -0.25) is 19.3 Å². The molecule has 13 nitrogen and oxygen atoms in total. The zero-order valence-corrected chi connectivity index (χ0v) is 20.5. The van der Waals surface area contributed by atoms with Crippen LogP contribution in [0.5, 0.6) is 5.75 Å². The summed E-state index contributed by atoms with van der Waals surface area (Å²) in [5.74, 6) is -2.35. The number of carboxylic acid groups (broad SMARTS) is 1. The largest absolute Gasteiger partial charge is 0.508 e. The van der Waals surface area contributed by atoms with Crippen LogP contribution in [0.3, 0.4) is 0 Å². The summed E-state index contributed by atoms with van der Waals surface area (Å²) in [7, 11) is 1.26. The SMILES string of the molecule is COC(=O)Cc1n[nH]nc1SCC1=C(C(=O)O)N2C(=O)C(NC(=O)C(N)c3ccc(O)cc3)[C@H]2SC1. The predicted octanol–water partition coefficient (Wildman–Crippen LogP) is -0.243. The summed E-state index contributed by atoms with van der Waals surface area (Å²) in [4.78, 5) is 50.3. The molecule has 1 aromatic heterocycles. The Hall–Kier alpha value is -3.56. The van der Waals surface area contributed by atoms with E-state index in [1.165, 1.54) is 59.8 Å². The van der Waals surface area contributed by atoms with Crippen molar-refractivity contribution in [2.24, 2.45) is 5.73 Å². The molecule has 2 aliphatic rings. The summed E-state index contributed by atoms with van der Waals surface area (Å²) in [5, 5.41) is 32.1. The number of nitrogens with one attached hydrogen (secondary N) is 2. The molecule has 2 aromatic rings. The molecule has 2 amide bonds. The molecule has 0 spiro atoms. The van der Waals surface area contributed by atoms with Gasteiger partial charge in [0.2, 0.25) is 5.91 Å². The molecule has 2 aliphatic heterocycles. The third-order valence-electron chi connectivity index (χ3n) is 5.59. The second-order valence-electron chi connectivity index (χ2n) is 7.84. The van der Waals surface area contributed by atoms with Crippen molar-refractivity contribution in [1.82, 2.24) is 25.6 Å². The third kappa shape index (κ3) is 5.03. The minimum Gasteiger partial charge on any atom is -0.508 e. The number of phenolic OH excluding ortho intramolecular Hbond substituents is 1. The molecular formula is C21H22N6O7S2. The lowest BCUT2D eigenvalue weighted by atomic mass is 10.0. The number of aromatic nitrogens is 3. The van der Waals surface area contributed by atoms with E-state index in [2.05, 4.69) is 25.5 Å². The van der Waals surface area contributed by atoms with Crippen LogP contribution >= 0.6 is 23.5 Å². The van der Waals surface area contributed by atoms with Crippen molar-refractivity contribution in [2.75, 3.05) is 18.6 Å². The average molecular weight is 535 g/mol. The maximum Gasteiger partial charge on any atom is 0.352 e. The van der Waals surface area contributed by atoms with E-state index in [1.807, 2.05) is 0 Å². The number of hydrogen-bond donors (Lipinski definition) is 5. The summed E-state index contributed by atoms with van der Waals surface area (Å²) in [6, 6.07) is 3.82. The van der Waals surface area contributed by atoms with Crippen molar-refractivity contribution >= 4 is 47.3 Å². The zero-order chi connectivity index (χ0) is 26.0. The summed E-state index contributed by atoms with van der Waals surface area (Å²) >= 11 is 2.51. The number of methoxy groups -OCH3 is 1. The number of carbonyl (C=O) groups excluding carboxylic acids is 3. The number of rotatable bonds is 9. The number of phenols is 1. The van der Waals surface area contributed by atoms with Gasteiger partial charge in [0.15, 0.2) is 0 Å². The lowest BCUT2D eigenvalue weighted by Crippen LogP contribution is -2.71. The highest BCUT2D eigenvalue weighted by Crippen LogP contribution is 2.41. The van der Waals surface area contributed by atoms with E-state index in [-0.39, 0.29) is 23.6 Å². The van der Waals surface area contributed by atoms with Crippen LogP contribution in [0.4, 0.5) is 0 Å². The molecular weight excluding hydrogens is 512 g/mol. The topological polar surface area (TPSA) is 201 Å². The van der Waals surface area contributed by atoms with Crippen LogP contribution in [-0.4, -0.2) is 84.3 Å². The summed E-state index contributed by atoms with van der Waals surface area (Å²) in [6.07, 6.45) is -0.0880. The normalized spacial score (nSPS) is 19.8. The van der Waals surface area contributed by atoms with Crippen LogP contribution in [0.25, 0.3) is 0 Å². The Morgan fingerprint density at radius 2 is 2.06 bits per heavy atom. The fourth-order valence-corrected chi connectivity index (χ4v) is 6.12. The Balaban J connectivity index is 1.44. The third-order valence-corrected chi connectivity index (χ3v) is 8.02. The van der Waals surface area contributed by atoms with Gasteiger partial charge in [0.1, 0.15) is 39.6 Å². The molecule has 3 heterocycles. The molecule has 6 N–H and O–H groups in total. The van der Waals surface area contributed by atoms with Crippen LogP contribution in [0.15, 0.2) is 40.6 Å². The minimum atomic E-state index is -1.26. The number of esters is 1. The van der Waals surface area contributed by atoms with Gasteiger partial charge in [-0.25, -0.2) is 4.79 Å². The number of H-pyrrole nitrogens is 1. The van der Waals surface area contributed by atoms with Gasteiger partial charge in [0, 0.05) is 11.5 Å². The number of ether oxygens (including phenoxy) is 1. The zero-order valence-electron chi connectivity index (χ0n) is 18.8. The number of β-lactam (4-membered cyclic amide) rings is 1. The maximum absolute atomic E-state index is 12.9. The van der Waals surface area contributed by atoms with Gasteiger partial charge in [-0.1, -0.05) is 23.9 Å². The first kappa shape index (κ1) is 25.5. The van der Waals surface area contributed by atoms with E-state index >= 15 is 0 Å². The molecule has 0 saturated carbocycles. The van der Waals surface area contributed by atoms with Crippen LogP contribution in [0.2, 0.25) is 0 Å². The second kappa shape index (κ2) is 10.6. The van der Waals surface area contributed by atoms with Crippen LogP contribution in [0.1, 0.15) is 17.3 Å². The van der Waals surface area contributed by atoms with Crippen LogP contribution < -0.4 is 11.1 Å². The number of nitrogens with zero attached hydrogens (tertiary/aromatic N) is 3. The lowest BCUT2D eigenvalue weighted by molar-refractivity contribution is -0.150. The molecule has 0 aliphatic carbocycles. The Kier molecular flexibility index (Phi) is 7.51. The molecule has 1 saturated heterocycles. The summed E-state index contributed by atoms with van der Waals surface area (Å²) < 4.78 is 4.64. The number of fused-ring (bicyclic) bond motifs is 1. The monoisotopic (exact) mass is 534 g/mol. The molecule has 15 heteroatoms. The van der Waals surface area contributed by atoms with Gasteiger partial charge in [0.05, 0.1) is 13.5 Å². The Morgan fingerprint density at radius 1 is 1.33 bits per heavy atom. The number of amides is 2. The maximum atomic E-state index is 12.9. The quantitative estimate of drug-likeness (QED) is 0.161. The summed E-state index contributed by atoms with van der Waals surface area (Å²) in [5.41, 5.74) is 7.18. The molecule has 2 unspecified atom stereocenters. The Morgan fingerprint density at radius 3 is 2.72 bits per heavy atom. The second-order valence-corrected chi connectivity index (χ2v) is 9.91. The smallest absolute Gasteiger partial charge is 0.352 e.